The molecule has 0 saturated carbocycles. The van der Waals surface area contributed by atoms with Crippen LogP contribution in [0.3, 0.4) is 0 Å². The molecular formula is C24H19F3N6O. The van der Waals surface area contributed by atoms with Gasteiger partial charge in [-0.1, -0.05) is 30.3 Å². The zero-order valence-corrected chi connectivity index (χ0v) is 18.0. The Bertz CT molecular complexity index is 1440. The van der Waals surface area contributed by atoms with Crippen LogP contribution in [0.25, 0.3) is 17.2 Å². The molecule has 0 bridgehead atoms. The highest BCUT2D eigenvalue weighted by molar-refractivity contribution is 5.55. The van der Waals surface area contributed by atoms with Gasteiger partial charge in [0.1, 0.15) is 17.5 Å². The van der Waals surface area contributed by atoms with Crippen LogP contribution in [0.2, 0.25) is 0 Å². The van der Waals surface area contributed by atoms with Crippen molar-refractivity contribution in [2.75, 3.05) is 5.32 Å². The number of rotatable bonds is 6. The maximum absolute atomic E-state index is 13.2. The van der Waals surface area contributed by atoms with Gasteiger partial charge in [0.25, 0.3) is 0 Å². The zero-order chi connectivity index (χ0) is 23.7. The minimum atomic E-state index is -4.41. The van der Waals surface area contributed by atoms with Gasteiger partial charge in [0.15, 0.2) is 0 Å². The Balaban J connectivity index is 1.27. The van der Waals surface area contributed by atoms with E-state index in [0.29, 0.717) is 29.7 Å². The number of alkyl halides is 3. The molecule has 7 nitrogen and oxygen atoms in total. The van der Waals surface area contributed by atoms with Crippen LogP contribution in [-0.4, -0.2) is 24.6 Å². The highest BCUT2D eigenvalue weighted by Gasteiger charge is 2.32. The van der Waals surface area contributed by atoms with Crippen molar-refractivity contribution in [1.29, 1.82) is 0 Å². The normalized spacial score (nSPS) is 11.8. The minimum absolute atomic E-state index is 0.000576. The number of benzene rings is 2. The molecule has 0 amide bonds. The third-order valence-electron chi connectivity index (χ3n) is 5.32. The number of halogens is 3. The Morgan fingerprint density at radius 3 is 2.56 bits per heavy atom. The van der Waals surface area contributed by atoms with Gasteiger partial charge in [-0.25, -0.2) is 15.0 Å². The maximum Gasteiger partial charge on any atom is 0.416 e. The molecule has 0 saturated heterocycles. The molecule has 0 aliphatic carbocycles. The van der Waals surface area contributed by atoms with Crippen LogP contribution >= 0.6 is 0 Å². The lowest BCUT2D eigenvalue weighted by molar-refractivity contribution is -0.138. The standard InChI is InChI=1S/C24H19F3N6O/c1-15-29-14-22-33(15)32-23(34-22)17-8-6-16(7-9-17)12-21-28-11-10-20(31-21)30-13-18-4-2-3-5-19(18)24(25,26)27/h2-11,14H,12-13H2,1H3,(H,28,30,31). The van der Waals surface area contributed by atoms with Gasteiger partial charge in [0, 0.05) is 24.7 Å². The molecule has 34 heavy (non-hydrogen) atoms. The van der Waals surface area contributed by atoms with E-state index in [1.807, 2.05) is 31.2 Å². The van der Waals surface area contributed by atoms with Gasteiger partial charge < -0.3 is 9.73 Å². The average Bonchev–Trinajstić information content (AvgIpc) is 3.40. The summed E-state index contributed by atoms with van der Waals surface area (Å²) in [5.41, 5.74) is 1.87. The van der Waals surface area contributed by atoms with E-state index in [4.69, 9.17) is 4.42 Å². The fraction of sp³-hybridized carbons (Fsp3) is 0.167. The van der Waals surface area contributed by atoms with Crippen molar-refractivity contribution in [1.82, 2.24) is 24.6 Å². The molecule has 0 atom stereocenters. The molecule has 0 spiro atoms. The SMILES string of the molecule is Cc1ncc2oc(-c3ccc(Cc4nccc(NCc5ccccc5C(F)(F)F)n4)cc3)nn12. The number of imidazole rings is 1. The van der Waals surface area contributed by atoms with Crippen LogP contribution in [-0.2, 0) is 19.1 Å². The predicted molar refractivity (Wildman–Crippen MR) is 119 cm³/mol. The molecule has 3 aromatic heterocycles. The van der Waals surface area contributed by atoms with Crippen LogP contribution in [0.15, 0.2) is 71.4 Å². The van der Waals surface area contributed by atoms with Gasteiger partial charge in [-0.15, -0.1) is 5.10 Å². The molecule has 0 radical (unpaired) electrons. The Labute approximate surface area is 192 Å². The first-order valence-corrected chi connectivity index (χ1v) is 10.5. The summed E-state index contributed by atoms with van der Waals surface area (Å²) in [6, 6.07) is 14.8. The van der Waals surface area contributed by atoms with Gasteiger partial charge in [0.05, 0.1) is 11.8 Å². The highest BCUT2D eigenvalue weighted by Crippen LogP contribution is 2.32. The summed E-state index contributed by atoms with van der Waals surface area (Å²) in [5.74, 6) is 2.25. The first kappa shape index (κ1) is 21.6. The molecule has 5 rings (SSSR count). The summed E-state index contributed by atoms with van der Waals surface area (Å²) in [5, 5.41) is 7.38. The lowest BCUT2D eigenvalue weighted by atomic mass is 10.1. The fourth-order valence-corrected chi connectivity index (χ4v) is 3.60. The molecule has 0 fully saturated rings. The Hall–Kier alpha value is -4.21. The maximum atomic E-state index is 13.2. The number of nitrogens with zero attached hydrogens (tertiary/aromatic N) is 5. The number of hydrogen-bond donors (Lipinski definition) is 1. The summed E-state index contributed by atoms with van der Waals surface area (Å²) >= 11 is 0. The first-order valence-electron chi connectivity index (χ1n) is 10.5. The Morgan fingerprint density at radius 1 is 1.00 bits per heavy atom. The van der Waals surface area contributed by atoms with E-state index in [9.17, 15) is 13.2 Å². The smallest absolute Gasteiger partial charge is 0.416 e. The van der Waals surface area contributed by atoms with E-state index >= 15 is 0 Å². The number of aromatic nitrogens is 5. The molecule has 0 unspecified atom stereocenters. The topological polar surface area (TPSA) is 81.1 Å². The monoisotopic (exact) mass is 464 g/mol. The summed E-state index contributed by atoms with van der Waals surface area (Å²) in [7, 11) is 0. The van der Waals surface area contributed by atoms with E-state index in [2.05, 4.69) is 25.4 Å². The van der Waals surface area contributed by atoms with Crippen molar-refractivity contribution in [2.45, 2.75) is 26.1 Å². The molecule has 1 N–H and O–H groups in total. The number of anilines is 1. The third kappa shape index (κ3) is 4.47. The second-order valence-electron chi connectivity index (χ2n) is 7.70. The molecule has 0 aliphatic rings. The molecule has 0 aliphatic heterocycles. The van der Waals surface area contributed by atoms with Gasteiger partial charge >= 0.3 is 6.18 Å². The highest BCUT2D eigenvalue weighted by atomic mass is 19.4. The van der Waals surface area contributed by atoms with E-state index in [-0.39, 0.29) is 12.1 Å². The van der Waals surface area contributed by atoms with Crippen molar-refractivity contribution in [2.24, 2.45) is 0 Å². The van der Waals surface area contributed by atoms with E-state index in [1.54, 1.807) is 29.0 Å². The van der Waals surface area contributed by atoms with Gasteiger partial charge in [-0.3, -0.25) is 0 Å². The van der Waals surface area contributed by atoms with Crippen molar-refractivity contribution in [3.63, 3.8) is 0 Å². The van der Waals surface area contributed by atoms with Crippen molar-refractivity contribution in [3.05, 3.63) is 95.3 Å². The summed E-state index contributed by atoms with van der Waals surface area (Å²) < 4.78 is 47.0. The van der Waals surface area contributed by atoms with Crippen molar-refractivity contribution < 1.29 is 17.6 Å². The number of fused-ring (bicyclic) bond motifs is 1. The van der Waals surface area contributed by atoms with E-state index < -0.39 is 11.7 Å². The number of nitrogens with one attached hydrogen (secondary N) is 1. The van der Waals surface area contributed by atoms with E-state index in [0.717, 1.165) is 23.0 Å². The Kier molecular flexibility index (Phi) is 5.48. The van der Waals surface area contributed by atoms with E-state index in [1.165, 1.54) is 12.1 Å². The Morgan fingerprint density at radius 2 is 1.79 bits per heavy atom. The lowest BCUT2D eigenvalue weighted by Gasteiger charge is -2.13. The molecule has 3 heterocycles. The minimum Gasteiger partial charge on any atom is -0.417 e. The molecule has 172 valence electrons. The molecular weight excluding hydrogens is 445 g/mol. The molecule has 5 aromatic rings. The van der Waals surface area contributed by atoms with Crippen LogP contribution < -0.4 is 5.32 Å². The van der Waals surface area contributed by atoms with Crippen LogP contribution in [0.5, 0.6) is 0 Å². The first-order chi connectivity index (χ1) is 16.4. The number of aryl methyl sites for hydroxylation is 1. The van der Waals surface area contributed by atoms with Crippen molar-refractivity contribution >= 4 is 11.5 Å². The zero-order valence-electron chi connectivity index (χ0n) is 18.0. The van der Waals surface area contributed by atoms with Crippen LogP contribution in [0.4, 0.5) is 19.0 Å². The van der Waals surface area contributed by atoms with Gasteiger partial charge in [-0.2, -0.15) is 17.7 Å². The number of hydrogen-bond acceptors (Lipinski definition) is 6. The predicted octanol–water partition coefficient (Wildman–Crippen LogP) is 5.31. The van der Waals surface area contributed by atoms with Crippen molar-refractivity contribution in [3.8, 4) is 11.5 Å². The van der Waals surface area contributed by atoms with Gasteiger partial charge in [0.2, 0.25) is 11.6 Å². The summed E-state index contributed by atoms with van der Waals surface area (Å²) in [4.78, 5) is 12.9. The molecule has 2 aromatic carbocycles. The third-order valence-corrected chi connectivity index (χ3v) is 5.32. The summed E-state index contributed by atoms with van der Waals surface area (Å²) in [6.07, 6.45) is -0.734. The van der Waals surface area contributed by atoms with Crippen LogP contribution in [0, 0.1) is 6.92 Å². The quantitative estimate of drug-likeness (QED) is 0.367. The summed E-state index contributed by atoms with van der Waals surface area (Å²) in [6.45, 7) is 1.85. The second kappa shape index (κ2) is 8.62. The fourth-order valence-electron chi connectivity index (χ4n) is 3.60. The van der Waals surface area contributed by atoms with Crippen LogP contribution in [0.1, 0.15) is 28.3 Å². The largest absolute Gasteiger partial charge is 0.417 e. The lowest BCUT2D eigenvalue weighted by Crippen LogP contribution is -2.12. The second-order valence-corrected chi connectivity index (χ2v) is 7.70. The van der Waals surface area contributed by atoms with Gasteiger partial charge in [-0.05, 0) is 42.3 Å². The average molecular weight is 464 g/mol. The molecule has 10 heteroatoms.